The number of nitrogens with two attached hydrogens (primary N) is 1. The summed E-state index contributed by atoms with van der Waals surface area (Å²) in [6, 6.07) is 4.79. The normalized spacial score (nSPS) is 18.9. The first-order valence-corrected chi connectivity index (χ1v) is 16.0. The van der Waals surface area contributed by atoms with Crippen LogP contribution in [0.3, 0.4) is 0 Å². The Hall–Kier alpha value is -4.19. The number of thiazole rings is 1. The van der Waals surface area contributed by atoms with Crippen LogP contribution in [0.1, 0.15) is 19.0 Å². The molecule has 0 aliphatic carbocycles. The Bertz CT molecular complexity index is 1740. The third-order valence-electron chi connectivity index (χ3n) is 7.23. The molecular formula is C27H30ClN8O7S2+. The SMILES string of the molecule is CNCCCn1ccc2c1ccc[n+]2CC1=C(C(=O)O)N2C(=O)[C@@H](NC(=O)/C(=N\O[C@@H](C)C(=O)O)c3nc(N)sc3Cl)[C@H]2SC1. The van der Waals surface area contributed by atoms with Gasteiger partial charge in [-0.1, -0.05) is 28.1 Å². The summed E-state index contributed by atoms with van der Waals surface area (Å²) in [6.45, 7) is 3.16. The van der Waals surface area contributed by atoms with E-state index in [1.165, 1.54) is 23.6 Å². The molecule has 0 radical (unpaired) electrons. The Morgan fingerprint density at radius 2 is 2.11 bits per heavy atom. The Labute approximate surface area is 269 Å². The number of halogens is 1. The highest BCUT2D eigenvalue weighted by molar-refractivity contribution is 8.00. The van der Waals surface area contributed by atoms with Gasteiger partial charge in [0.05, 0.1) is 0 Å². The Morgan fingerprint density at radius 1 is 1.33 bits per heavy atom. The lowest BCUT2D eigenvalue weighted by atomic mass is 10.0. The van der Waals surface area contributed by atoms with Crippen LogP contribution in [-0.2, 0) is 37.1 Å². The Morgan fingerprint density at radius 3 is 2.78 bits per heavy atom. The molecule has 18 heteroatoms. The lowest BCUT2D eigenvalue weighted by Gasteiger charge is -2.49. The highest BCUT2D eigenvalue weighted by atomic mass is 35.5. The van der Waals surface area contributed by atoms with E-state index in [0.717, 1.165) is 41.9 Å². The van der Waals surface area contributed by atoms with Crippen molar-refractivity contribution in [2.24, 2.45) is 5.16 Å². The van der Waals surface area contributed by atoms with Gasteiger partial charge in [0, 0.05) is 36.2 Å². The second-order valence-corrected chi connectivity index (χ2v) is 12.9. The molecule has 1 saturated heterocycles. The third kappa shape index (κ3) is 6.47. The van der Waals surface area contributed by atoms with Crippen molar-refractivity contribution in [3.8, 4) is 0 Å². The predicted octanol–water partition coefficient (Wildman–Crippen LogP) is 0.863. The number of oxime groups is 1. The maximum Gasteiger partial charge on any atom is 0.352 e. The number of carboxylic acid groups (broad SMARTS) is 2. The molecule has 0 aromatic carbocycles. The van der Waals surface area contributed by atoms with Gasteiger partial charge >= 0.3 is 11.9 Å². The maximum absolute atomic E-state index is 13.3. The summed E-state index contributed by atoms with van der Waals surface area (Å²) in [7, 11) is 1.91. The van der Waals surface area contributed by atoms with Crippen LogP contribution >= 0.6 is 34.7 Å². The molecule has 238 valence electrons. The van der Waals surface area contributed by atoms with Crippen molar-refractivity contribution in [1.82, 2.24) is 25.1 Å². The lowest BCUT2D eigenvalue weighted by molar-refractivity contribution is -0.663. The maximum atomic E-state index is 13.3. The van der Waals surface area contributed by atoms with Gasteiger partial charge in [-0.05, 0) is 33.0 Å². The minimum absolute atomic E-state index is 0.00292. The smallest absolute Gasteiger partial charge is 0.352 e. The van der Waals surface area contributed by atoms with Crippen molar-refractivity contribution in [1.29, 1.82) is 0 Å². The zero-order valence-electron chi connectivity index (χ0n) is 24.1. The van der Waals surface area contributed by atoms with Crippen molar-refractivity contribution in [2.45, 2.75) is 44.0 Å². The highest BCUT2D eigenvalue weighted by Gasteiger charge is 2.55. The second kappa shape index (κ2) is 13.4. The number of nitrogens with zero attached hydrogens (tertiary/aromatic N) is 5. The van der Waals surface area contributed by atoms with E-state index in [0.29, 0.717) is 11.3 Å². The molecule has 2 aliphatic heterocycles. The number of amides is 2. The molecule has 6 N–H and O–H groups in total. The zero-order valence-corrected chi connectivity index (χ0v) is 26.5. The monoisotopic (exact) mass is 677 g/mol. The molecule has 0 spiro atoms. The largest absolute Gasteiger partial charge is 0.478 e. The molecule has 2 aliphatic rings. The summed E-state index contributed by atoms with van der Waals surface area (Å²) < 4.78 is 4.10. The van der Waals surface area contributed by atoms with Crippen LogP contribution in [0.5, 0.6) is 0 Å². The number of aryl methyl sites for hydroxylation is 1. The number of nitrogens with one attached hydrogen (secondary N) is 2. The fraction of sp³-hybridized carbons (Fsp3) is 0.370. The van der Waals surface area contributed by atoms with Gasteiger partial charge in [0.25, 0.3) is 11.8 Å². The van der Waals surface area contributed by atoms with E-state index in [4.69, 9.17) is 27.3 Å². The van der Waals surface area contributed by atoms with E-state index in [1.807, 2.05) is 42.2 Å². The number of carboxylic acids is 2. The predicted molar refractivity (Wildman–Crippen MR) is 167 cm³/mol. The van der Waals surface area contributed by atoms with Gasteiger partial charge in [-0.25, -0.2) is 14.6 Å². The number of carbonyl (C=O) groups is 4. The molecule has 0 saturated carbocycles. The molecule has 0 unspecified atom stereocenters. The molecule has 3 aromatic rings. The number of thioether (sulfide) groups is 1. The number of nitrogen functional groups attached to an aromatic ring is 1. The van der Waals surface area contributed by atoms with Gasteiger partial charge in [-0.15, -0.1) is 11.8 Å². The van der Waals surface area contributed by atoms with Crippen LogP contribution in [0, 0.1) is 0 Å². The topological polar surface area (TPSA) is 205 Å². The van der Waals surface area contributed by atoms with Crippen molar-refractivity contribution in [3.05, 3.63) is 51.9 Å². The highest BCUT2D eigenvalue weighted by Crippen LogP contribution is 2.40. The van der Waals surface area contributed by atoms with E-state index >= 15 is 0 Å². The lowest BCUT2D eigenvalue weighted by Crippen LogP contribution is -2.71. The van der Waals surface area contributed by atoms with E-state index in [2.05, 4.69) is 25.3 Å². The summed E-state index contributed by atoms with van der Waals surface area (Å²) in [5.74, 6) is -3.84. The number of aliphatic carboxylic acids is 2. The van der Waals surface area contributed by atoms with Crippen molar-refractivity contribution >= 4 is 80.3 Å². The summed E-state index contributed by atoms with van der Waals surface area (Å²) in [6.07, 6.45) is 3.41. The number of β-lactam (4-membered cyclic amide) rings is 1. The molecule has 5 rings (SSSR count). The quantitative estimate of drug-likeness (QED) is 0.0564. The van der Waals surface area contributed by atoms with Gasteiger partial charge in [0.15, 0.2) is 23.6 Å². The molecule has 0 bridgehead atoms. The Balaban J connectivity index is 1.36. The minimum atomic E-state index is -1.40. The second-order valence-electron chi connectivity index (χ2n) is 10.2. The first-order chi connectivity index (χ1) is 21.5. The zero-order chi connectivity index (χ0) is 32.4. The number of pyridine rings is 1. The molecule has 15 nitrogen and oxygen atoms in total. The molecule has 3 atom stereocenters. The average molecular weight is 678 g/mol. The van der Waals surface area contributed by atoms with Crippen LogP contribution in [0.25, 0.3) is 11.0 Å². The molecule has 45 heavy (non-hydrogen) atoms. The Kier molecular flexibility index (Phi) is 9.62. The number of anilines is 1. The van der Waals surface area contributed by atoms with E-state index in [-0.39, 0.29) is 27.4 Å². The summed E-state index contributed by atoms with van der Waals surface area (Å²) in [5, 5.41) is 28.0. The van der Waals surface area contributed by atoms with Crippen molar-refractivity contribution < 1.29 is 38.8 Å². The fourth-order valence-electron chi connectivity index (χ4n) is 5.03. The van der Waals surface area contributed by atoms with Crippen LogP contribution in [0.4, 0.5) is 5.13 Å². The standard InChI is InChI=1S/C27H29ClN8O7S2/c1-13(25(39)40)43-33-18(17-21(28)45-27(29)32-17)22(37)31-19-23(38)36-20(26(41)42)14(12-44-24(19)36)11-35-8-3-5-15-16(35)6-10-34(15)9-4-7-30-2/h3,5-6,8,10,13,19,24,30H,4,7,9,11-12H2,1-2H3,(H4-,29,31,32,37,39,40,41,42)/p+1/b33-18-/t13-,19+,24+/m0/s1. The summed E-state index contributed by atoms with van der Waals surface area (Å²) in [4.78, 5) is 60.5. The molecule has 3 aromatic heterocycles. The summed E-state index contributed by atoms with van der Waals surface area (Å²) >= 11 is 8.35. The molecule has 1 fully saturated rings. The van der Waals surface area contributed by atoms with Crippen molar-refractivity contribution in [2.75, 3.05) is 25.1 Å². The van der Waals surface area contributed by atoms with Gasteiger partial charge in [-0.3, -0.25) is 14.5 Å². The van der Waals surface area contributed by atoms with Gasteiger partial charge in [0.1, 0.15) is 32.7 Å². The number of hydrogen-bond donors (Lipinski definition) is 5. The first kappa shape index (κ1) is 32.2. The van der Waals surface area contributed by atoms with Gasteiger partial charge in [0.2, 0.25) is 11.6 Å². The molecule has 5 heterocycles. The van der Waals surface area contributed by atoms with Crippen LogP contribution < -0.4 is 20.9 Å². The van der Waals surface area contributed by atoms with Crippen molar-refractivity contribution in [3.63, 3.8) is 0 Å². The number of rotatable bonds is 13. The molecule has 2 amide bonds. The van der Waals surface area contributed by atoms with Crippen LogP contribution in [0.15, 0.2) is 47.0 Å². The summed E-state index contributed by atoms with van der Waals surface area (Å²) in [5.41, 5.74) is 7.44. The third-order valence-corrected chi connectivity index (χ3v) is 9.65. The average Bonchev–Trinajstić information content (AvgIpc) is 3.57. The number of aromatic nitrogens is 3. The van der Waals surface area contributed by atoms with E-state index in [1.54, 1.807) is 0 Å². The van der Waals surface area contributed by atoms with E-state index in [9.17, 15) is 24.3 Å². The van der Waals surface area contributed by atoms with E-state index < -0.39 is 47.0 Å². The van der Waals surface area contributed by atoms with Gasteiger partial charge in [-0.2, -0.15) is 4.57 Å². The minimum Gasteiger partial charge on any atom is -0.478 e. The first-order valence-electron chi connectivity index (χ1n) is 13.7. The number of fused-ring (bicyclic) bond motifs is 2. The van der Waals surface area contributed by atoms with Gasteiger partial charge < -0.3 is 36.0 Å². The fourth-order valence-corrected chi connectivity index (χ4v) is 7.29. The van der Waals surface area contributed by atoms with Crippen LogP contribution in [0.2, 0.25) is 4.34 Å². The number of carbonyl (C=O) groups excluding carboxylic acids is 2. The number of hydrogen-bond acceptors (Lipinski definition) is 11. The van der Waals surface area contributed by atoms with Crippen LogP contribution in [-0.4, -0.2) is 91.0 Å². The molecular weight excluding hydrogens is 648 g/mol.